The van der Waals surface area contributed by atoms with E-state index in [4.69, 9.17) is 5.73 Å². The number of thioether (sulfide) groups is 2. The van der Waals surface area contributed by atoms with Crippen LogP contribution in [0.1, 0.15) is 5.56 Å². The highest BCUT2D eigenvalue weighted by Crippen LogP contribution is 2.32. The number of rotatable bonds is 5. The van der Waals surface area contributed by atoms with Gasteiger partial charge in [-0.05, 0) is 30.3 Å². The van der Waals surface area contributed by atoms with Gasteiger partial charge in [0.15, 0.2) is 0 Å². The molecule has 6 heteroatoms. The Bertz CT molecular complexity index is 599. The number of hydrogen-bond acceptors (Lipinski definition) is 3. The summed E-state index contributed by atoms with van der Waals surface area (Å²) in [5.41, 5.74) is 5.95. The SMILES string of the molecule is Nc1ccccc1SCCSc1cccc(C(F)(F)F)c1. The Hall–Kier alpha value is -1.27. The van der Waals surface area contributed by atoms with Crippen molar-refractivity contribution in [2.24, 2.45) is 0 Å². The molecule has 0 atom stereocenters. The van der Waals surface area contributed by atoms with Crippen molar-refractivity contribution in [3.05, 3.63) is 54.1 Å². The van der Waals surface area contributed by atoms with Crippen molar-refractivity contribution in [1.82, 2.24) is 0 Å². The van der Waals surface area contributed by atoms with Crippen LogP contribution in [0.4, 0.5) is 18.9 Å². The van der Waals surface area contributed by atoms with Crippen LogP contribution in [-0.4, -0.2) is 11.5 Å². The Morgan fingerprint density at radius 2 is 1.62 bits per heavy atom. The summed E-state index contributed by atoms with van der Waals surface area (Å²) in [5.74, 6) is 1.51. The fourth-order valence-corrected chi connectivity index (χ4v) is 3.60. The molecule has 0 fully saturated rings. The highest BCUT2D eigenvalue weighted by molar-refractivity contribution is 8.03. The van der Waals surface area contributed by atoms with Crippen molar-refractivity contribution in [3.8, 4) is 0 Å². The first-order chi connectivity index (χ1) is 9.97. The zero-order valence-corrected chi connectivity index (χ0v) is 12.7. The van der Waals surface area contributed by atoms with Gasteiger partial charge < -0.3 is 5.73 Å². The topological polar surface area (TPSA) is 26.0 Å². The van der Waals surface area contributed by atoms with Crippen LogP contribution in [0, 0.1) is 0 Å². The minimum absolute atomic E-state index is 0.604. The third-order valence-electron chi connectivity index (χ3n) is 2.69. The van der Waals surface area contributed by atoms with Crippen LogP contribution in [0.2, 0.25) is 0 Å². The fraction of sp³-hybridized carbons (Fsp3) is 0.200. The summed E-state index contributed by atoms with van der Waals surface area (Å²) in [4.78, 5) is 1.63. The third kappa shape index (κ3) is 4.89. The van der Waals surface area contributed by atoms with Gasteiger partial charge in [-0.15, -0.1) is 23.5 Å². The van der Waals surface area contributed by atoms with E-state index in [1.807, 2.05) is 24.3 Å². The maximum Gasteiger partial charge on any atom is 0.416 e. The number of halogens is 3. The molecule has 0 aliphatic rings. The maximum absolute atomic E-state index is 12.6. The molecule has 0 heterocycles. The number of hydrogen-bond donors (Lipinski definition) is 1. The van der Waals surface area contributed by atoms with Gasteiger partial charge in [0, 0.05) is 27.0 Å². The molecular formula is C15H14F3NS2. The predicted octanol–water partition coefficient (Wildman–Crippen LogP) is 5.17. The molecule has 1 nitrogen and oxygen atoms in total. The Kier molecular flexibility index (Phi) is 5.47. The first-order valence-corrected chi connectivity index (χ1v) is 8.21. The predicted molar refractivity (Wildman–Crippen MR) is 83.7 cm³/mol. The van der Waals surface area contributed by atoms with Crippen LogP contribution in [0.15, 0.2) is 58.3 Å². The van der Waals surface area contributed by atoms with Crippen molar-refractivity contribution >= 4 is 29.2 Å². The molecule has 2 N–H and O–H groups in total. The van der Waals surface area contributed by atoms with Crippen LogP contribution in [0.5, 0.6) is 0 Å². The van der Waals surface area contributed by atoms with Crippen molar-refractivity contribution < 1.29 is 13.2 Å². The second-order valence-corrected chi connectivity index (χ2v) is 6.57. The molecular weight excluding hydrogens is 315 g/mol. The number of benzene rings is 2. The minimum atomic E-state index is -4.29. The van der Waals surface area contributed by atoms with Gasteiger partial charge in [0.05, 0.1) is 5.56 Å². The Morgan fingerprint density at radius 3 is 2.33 bits per heavy atom. The van der Waals surface area contributed by atoms with Gasteiger partial charge in [0.25, 0.3) is 0 Å². The Morgan fingerprint density at radius 1 is 0.905 bits per heavy atom. The molecule has 0 radical (unpaired) electrons. The van der Waals surface area contributed by atoms with E-state index >= 15 is 0 Å². The molecule has 0 bridgehead atoms. The minimum Gasteiger partial charge on any atom is -0.398 e. The number of anilines is 1. The lowest BCUT2D eigenvalue weighted by molar-refractivity contribution is -0.137. The van der Waals surface area contributed by atoms with E-state index in [9.17, 15) is 13.2 Å². The quantitative estimate of drug-likeness (QED) is 0.465. The molecule has 2 aromatic rings. The lowest BCUT2D eigenvalue weighted by Crippen LogP contribution is -2.04. The van der Waals surface area contributed by atoms with E-state index in [1.165, 1.54) is 23.9 Å². The zero-order valence-electron chi connectivity index (χ0n) is 11.1. The summed E-state index contributed by atoms with van der Waals surface area (Å²) in [6.45, 7) is 0. The molecule has 0 spiro atoms. The van der Waals surface area contributed by atoms with Crippen LogP contribution < -0.4 is 5.73 Å². The summed E-state index contributed by atoms with van der Waals surface area (Å²) in [6, 6.07) is 13.0. The fourth-order valence-electron chi connectivity index (χ4n) is 1.69. The van der Waals surface area contributed by atoms with Gasteiger partial charge in [0.2, 0.25) is 0 Å². The highest BCUT2D eigenvalue weighted by atomic mass is 32.2. The van der Waals surface area contributed by atoms with E-state index in [-0.39, 0.29) is 0 Å². The third-order valence-corrected chi connectivity index (χ3v) is 5.03. The molecule has 0 amide bonds. The summed E-state index contributed by atoms with van der Waals surface area (Å²) in [6.07, 6.45) is -4.29. The second kappa shape index (κ2) is 7.13. The van der Waals surface area contributed by atoms with Crippen molar-refractivity contribution in [3.63, 3.8) is 0 Å². The summed E-state index contributed by atoms with van der Waals surface area (Å²) in [5, 5.41) is 0. The van der Waals surface area contributed by atoms with Crippen LogP contribution in [0.3, 0.4) is 0 Å². The van der Waals surface area contributed by atoms with Crippen LogP contribution in [0.25, 0.3) is 0 Å². The van der Waals surface area contributed by atoms with Crippen LogP contribution >= 0.6 is 23.5 Å². The number of nitrogen functional groups attached to an aromatic ring is 1. The molecule has 2 aromatic carbocycles. The lowest BCUT2D eigenvalue weighted by atomic mass is 10.2. The molecule has 2 rings (SSSR count). The molecule has 0 saturated heterocycles. The number of nitrogens with two attached hydrogens (primary N) is 1. The Labute approximate surface area is 130 Å². The summed E-state index contributed by atoms with van der Waals surface area (Å²) < 4.78 is 37.8. The van der Waals surface area contributed by atoms with Gasteiger partial charge in [-0.1, -0.05) is 18.2 Å². The molecule has 0 aliphatic carbocycles. The van der Waals surface area contributed by atoms with Crippen molar-refractivity contribution in [1.29, 1.82) is 0 Å². The van der Waals surface area contributed by atoms with Gasteiger partial charge >= 0.3 is 6.18 Å². The van der Waals surface area contributed by atoms with E-state index < -0.39 is 11.7 Å². The van der Waals surface area contributed by atoms with Crippen molar-refractivity contribution in [2.45, 2.75) is 16.0 Å². The molecule has 0 saturated carbocycles. The Balaban J connectivity index is 1.85. The van der Waals surface area contributed by atoms with Crippen molar-refractivity contribution in [2.75, 3.05) is 17.2 Å². The summed E-state index contributed by atoms with van der Waals surface area (Å²) >= 11 is 3.02. The van der Waals surface area contributed by atoms with Crippen LogP contribution in [-0.2, 0) is 6.18 Å². The number of alkyl halides is 3. The van der Waals surface area contributed by atoms with Gasteiger partial charge in [-0.3, -0.25) is 0 Å². The monoisotopic (exact) mass is 329 g/mol. The molecule has 0 aromatic heterocycles. The average Bonchev–Trinajstić information content (AvgIpc) is 2.45. The first-order valence-electron chi connectivity index (χ1n) is 6.24. The van der Waals surface area contributed by atoms with E-state index in [0.29, 0.717) is 4.90 Å². The van der Waals surface area contributed by atoms with E-state index in [2.05, 4.69) is 0 Å². The largest absolute Gasteiger partial charge is 0.416 e. The average molecular weight is 329 g/mol. The summed E-state index contributed by atoms with van der Waals surface area (Å²) in [7, 11) is 0. The molecule has 21 heavy (non-hydrogen) atoms. The highest BCUT2D eigenvalue weighted by Gasteiger charge is 2.30. The first kappa shape index (κ1) is 16.1. The lowest BCUT2D eigenvalue weighted by Gasteiger charge is -2.08. The standard InChI is InChI=1S/C15H14F3NS2/c16-15(17,18)11-4-3-5-12(10-11)20-8-9-21-14-7-2-1-6-13(14)19/h1-7,10H,8-9,19H2. The number of para-hydroxylation sites is 1. The molecule has 0 unspecified atom stereocenters. The second-order valence-electron chi connectivity index (χ2n) is 4.26. The molecule has 0 aliphatic heterocycles. The van der Waals surface area contributed by atoms with E-state index in [0.717, 1.165) is 28.2 Å². The van der Waals surface area contributed by atoms with Gasteiger partial charge in [0.1, 0.15) is 0 Å². The zero-order chi connectivity index (χ0) is 15.3. The smallest absolute Gasteiger partial charge is 0.398 e. The van der Waals surface area contributed by atoms with E-state index in [1.54, 1.807) is 17.8 Å². The normalized spacial score (nSPS) is 11.6. The molecule has 112 valence electrons. The maximum atomic E-state index is 12.6. The van der Waals surface area contributed by atoms with Gasteiger partial charge in [-0.25, -0.2) is 0 Å². The van der Waals surface area contributed by atoms with Gasteiger partial charge in [-0.2, -0.15) is 13.2 Å².